The highest BCUT2D eigenvalue weighted by molar-refractivity contribution is 7.86. The number of hydrogen-bond acceptors (Lipinski definition) is 5. The van der Waals surface area contributed by atoms with Crippen molar-refractivity contribution >= 4 is 28.0 Å². The Kier molecular flexibility index (Phi) is 4.68. The number of nitrogens with zero attached hydrogens (tertiary/aromatic N) is 1. The molecule has 0 aromatic heterocycles. The van der Waals surface area contributed by atoms with Crippen molar-refractivity contribution in [2.45, 2.75) is 23.7 Å². The van der Waals surface area contributed by atoms with E-state index in [9.17, 15) is 18.0 Å². The van der Waals surface area contributed by atoms with Crippen LogP contribution in [-0.4, -0.2) is 34.3 Å². The van der Waals surface area contributed by atoms with Crippen LogP contribution in [0.4, 0.5) is 5.69 Å². The first kappa shape index (κ1) is 18.3. The molecule has 1 amide bonds. The van der Waals surface area contributed by atoms with Gasteiger partial charge in [0, 0.05) is 19.2 Å². The minimum absolute atomic E-state index is 0.0106. The van der Waals surface area contributed by atoms with E-state index in [0.29, 0.717) is 17.5 Å². The number of rotatable bonds is 6. The van der Waals surface area contributed by atoms with Gasteiger partial charge in [0.25, 0.3) is 10.1 Å². The molecule has 0 saturated heterocycles. The van der Waals surface area contributed by atoms with E-state index < -0.39 is 22.1 Å². The van der Waals surface area contributed by atoms with Gasteiger partial charge in [-0.1, -0.05) is 35.9 Å². The summed E-state index contributed by atoms with van der Waals surface area (Å²) < 4.78 is 30.3. The zero-order chi connectivity index (χ0) is 18.9. The summed E-state index contributed by atoms with van der Waals surface area (Å²) in [5.74, 6) is -0.357. The Hall–Kier alpha value is -2.51. The van der Waals surface area contributed by atoms with E-state index in [2.05, 4.69) is 0 Å². The van der Waals surface area contributed by atoms with Crippen LogP contribution in [-0.2, 0) is 29.3 Å². The van der Waals surface area contributed by atoms with Gasteiger partial charge in [0.05, 0.1) is 11.5 Å². The highest BCUT2D eigenvalue weighted by atomic mass is 32.2. The number of amides is 1. The van der Waals surface area contributed by atoms with Crippen LogP contribution >= 0.6 is 0 Å². The van der Waals surface area contributed by atoms with Gasteiger partial charge in [-0.25, -0.2) is 0 Å². The molecule has 26 heavy (non-hydrogen) atoms. The molecule has 0 saturated carbocycles. The molecule has 2 aromatic carbocycles. The van der Waals surface area contributed by atoms with Gasteiger partial charge in [0.15, 0.2) is 0 Å². The van der Waals surface area contributed by atoms with E-state index in [-0.39, 0.29) is 17.2 Å². The molecular weight excluding hydrogens is 354 g/mol. The average molecular weight is 373 g/mol. The average Bonchev–Trinajstić information content (AvgIpc) is 2.84. The lowest BCUT2D eigenvalue weighted by Crippen LogP contribution is -2.43. The van der Waals surface area contributed by atoms with Crippen LogP contribution in [0.2, 0.25) is 0 Å². The maximum absolute atomic E-state index is 12.9. The molecule has 3 rings (SSSR count). The summed E-state index contributed by atoms with van der Waals surface area (Å²) in [6.45, 7) is 1.42. The van der Waals surface area contributed by atoms with Crippen molar-refractivity contribution in [2.24, 2.45) is 0 Å². The molecule has 0 spiro atoms. The first-order valence-corrected chi connectivity index (χ1v) is 9.50. The second kappa shape index (κ2) is 6.66. The van der Waals surface area contributed by atoms with Gasteiger partial charge in [-0.2, -0.15) is 8.42 Å². The SMILES string of the molecule is Cc1ccc(S(=O)(=O)OCC2(CC=O)C(=O)N(C)c3ccccc32)cc1. The van der Waals surface area contributed by atoms with Crippen molar-refractivity contribution in [2.75, 3.05) is 18.6 Å². The standard InChI is InChI=1S/C19H19NO5S/c1-14-7-9-15(10-8-14)26(23,24)25-13-19(11-12-21)16-5-3-4-6-17(16)20(2)18(19)22/h3-10,12H,11,13H2,1-2H3. The van der Waals surface area contributed by atoms with E-state index in [1.807, 2.05) is 6.92 Å². The number of aryl methyl sites for hydroxylation is 1. The predicted octanol–water partition coefficient (Wildman–Crippen LogP) is 2.20. The van der Waals surface area contributed by atoms with Crippen molar-refractivity contribution in [1.82, 2.24) is 0 Å². The van der Waals surface area contributed by atoms with E-state index in [1.165, 1.54) is 17.0 Å². The number of carbonyl (C=O) groups is 2. The van der Waals surface area contributed by atoms with Crippen molar-refractivity contribution in [3.63, 3.8) is 0 Å². The number of aldehydes is 1. The Morgan fingerprint density at radius 1 is 1.12 bits per heavy atom. The molecule has 0 N–H and O–H groups in total. The molecule has 1 aliphatic heterocycles. The van der Waals surface area contributed by atoms with Crippen LogP contribution in [0.5, 0.6) is 0 Å². The molecule has 1 heterocycles. The van der Waals surface area contributed by atoms with Crippen molar-refractivity contribution in [3.05, 3.63) is 59.7 Å². The third-order valence-corrected chi connectivity index (χ3v) is 5.97. The lowest BCUT2D eigenvalue weighted by molar-refractivity contribution is -0.126. The van der Waals surface area contributed by atoms with Gasteiger partial charge in [-0.15, -0.1) is 0 Å². The number of likely N-dealkylation sites (N-methyl/N-ethyl adjacent to an activating group) is 1. The number of benzene rings is 2. The third kappa shape index (κ3) is 2.93. The summed E-state index contributed by atoms with van der Waals surface area (Å²) in [5.41, 5.74) is 0.822. The molecule has 7 heteroatoms. The largest absolute Gasteiger partial charge is 0.314 e. The second-order valence-electron chi connectivity index (χ2n) is 6.36. The molecule has 136 valence electrons. The Morgan fingerprint density at radius 2 is 1.77 bits per heavy atom. The first-order valence-electron chi connectivity index (χ1n) is 8.09. The fourth-order valence-corrected chi connectivity index (χ4v) is 4.17. The van der Waals surface area contributed by atoms with Gasteiger partial charge >= 0.3 is 0 Å². The summed E-state index contributed by atoms with van der Waals surface area (Å²) >= 11 is 0. The lowest BCUT2D eigenvalue weighted by atomic mass is 9.80. The molecule has 6 nitrogen and oxygen atoms in total. The van der Waals surface area contributed by atoms with Crippen LogP contribution in [0.3, 0.4) is 0 Å². The summed E-state index contributed by atoms with van der Waals surface area (Å²) in [7, 11) is -2.45. The number of carbonyl (C=O) groups excluding carboxylic acids is 2. The van der Waals surface area contributed by atoms with Crippen molar-refractivity contribution in [1.29, 1.82) is 0 Å². The van der Waals surface area contributed by atoms with E-state index in [4.69, 9.17) is 4.18 Å². The predicted molar refractivity (Wildman–Crippen MR) is 96.5 cm³/mol. The molecular formula is C19H19NO5S. The van der Waals surface area contributed by atoms with E-state index in [1.54, 1.807) is 43.4 Å². The molecule has 1 aliphatic rings. The van der Waals surface area contributed by atoms with E-state index >= 15 is 0 Å². The topological polar surface area (TPSA) is 80.8 Å². The van der Waals surface area contributed by atoms with E-state index in [0.717, 1.165) is 5.56 Å². The Bertz CT molecular complexity index is 952. The molecule has 0 aliphatic carbocycles. The monoisotopic (exact) mass is 373 g/mol. The summed E-state index contributed by atoms with van der Waals surface area (Å²) in [6.07, 6.45) is 0.465. The van der Waals surface area contributed by atoms with Gasteiger partial charge in [0.2, 0.25) is 5.91 Å². The molecule has 1 unspecified atom stereocenters. The van der Waals surface area contributed by atoms with Crippen molar-refractivity contribution in [3.8, 4) is 0 Å². The summed E-state index contributed by atoms with van der Waals surface area (Å²) in [5, 5.41) is 0. The lowest BCUT2D eigenvalue weighted by Gasteiger charge is -2.25. The Morgan fingerprint density at radius 3 is 2.42 bits per heavy atom. The number of hydrogen-bond donors (Lipinski definition) is 0. The maximum Gasteiger partial charge on any atom is 0.297 e. The van der Waals surface area contributed by atoms with Crippen LogP contribution in [0.1, 0.15) is 17.5 Å². The second-order valence-corrected chi connectivity index (χ2v) is 7.98. The maximum atomic E-state index is 12.9. The minimum Gasteiger partial charge on any atom is -0.314 e. The smallest absolute Gasteiger partial charge is 0.297 e. The fraction of sp³-hybridized carbons (Fsp3) is 0.263. The van der Waals surface area contributed by atoms with Gasteiger partial charge < -0.3 is 9.69 Å². The van der Waals surface area contributed by atoms with Gasteiger partial charge in [0.1, 0.15) is 11.7 Å². The van der Waals surface area contributed by atoms with Gasteiger partial charge in [-0.05, 0) is 30.7 Å². The van der Waals surface area contributed by atoms with Gasteiger partial charge in [-0.3, -0.25) is 8.98 Å². The molecule has 1 atom stereocenters. The minimum atomic E-state index is -4.05. The number of anilines is 1. The van der Waals surface area contributed by atoms with Crippen LogP contribution in [0, 0.1) is 6.92 Å². The summed E-state index contributed by atoms with van der Waals surface area (Å²) in [4.78, 5) is 25.6. The number of fused-ring (bicyclic) bond motifs is 1. The zero-order valence-electron chi connectivity index (χ0n) is 14.5. The van der Waals surface area contributed by atoms with Crippen LogP contribution < -0.4 is 4.90 Å². The highest BCUT2D eigenvalue weighted by Gasteiger charge is 2.50. The quantitative estimate of drug-likeness (QED) is 0.573. The molecule has 2 aromatic rings. The van der Waals surface area contributed by atoms with Crippen LogP contribution in [0.15, 0.2) is 53.4 Å². The van der Waals surface area contributed by atoms with Crippen molar-refractivity contribution < 1.29 is 22.2 Å². The molecule has 0 bridgehead atoms. The normalized spacial score (nSPS) is 19.5. The fourth-order valence-electron chi connectivity index (χ4n) is 3.21. The first-order chi connectivity index (χ1) is 12.3. The number of para-hydroxylation sites is 1. The Balaban J connectivity index is 1.96. The third-order valence-electron chi connectivity index (χ3n) is 4.70. The zero-order valence-corrected chi connectivity index (χ0v) is 15.3. The highest BCUT2D eigenvalue weighted by Crippen LogP contribution is 2.43. The van der Waals surface area contributed by atoms with Crippen LogP contribution in [0.25, 0.3) is 0 Å². The molecule has 0 fully saturated rings. The Labute approximate surface area is 152 Å². The summed E-state index contributed by atoms with van der Waals surface area (Å²) in [6, 6.07) is 13.3. The molecule has 0 radical (unpaired) electrons.